The number of amides is 5. The fourth-order valence-electron chi connectivity index (χ4n) is 5.77. The average Bonchev–Trinajstić information content (AvgIpc) is 3.53. The van der Waals surface area contributed by atoms with E-state index in [2.05, 4.69) is 31.7 Å². The van der Waals surface area contributed by atoms with Gasteiger partial charge in [-0.25, -0.2) is 0 Å². The Labute approximate surface area is 276 Å². The van der Waals surface area contributed by atoms with Crippen molar-refractivity contribution < 1.29 is 41.9 Å². The Morgan fingerprint density at radius 1 is 1.08 bits per heavy atom. The van der Waals surface area contributed by atoms with Crippen molar-refractivity contribution in [3.05, 3.63) is 47.8 Å². The zero-order chi connectivity index (χ0) is 34.9. The minimum absolute atomic E-state index is 0.00338. The van der Waals surface area contributed by atoms with Crippen LogP contribution in [0.4, 0.5) is 13.2 Å². The minimum Gasteiger partial charge on any atom is -0.491 e. The second-order valence-electron chi connectivity index (χ2n) is 12.4. The molecule has 0 unspecified atom stereocenters. The number of carbonyl (C=O) groups is 5. The molecule has 2 aromatic rings. The minimum atomic E-state index is -4.58. The van der Waals surface area contributed by atoms with Crippen LogP contribution in [-0.2, 0) is 31.9 Å². The Balaban J connectivity index is 1.55. The van der Waals surface area contributed by atoms with Gasteiger partial charge in [0.1, 0.15) is 30.0 Å². The van der Waals surface area contributed by atoms with Gasteiger partial charge in [-0.1, -0.05) is 45.2 Å². The van der Waals surface area contributed by atoms with Crippen molar-refractivity contribution in [1.29, 1.82) is 0 Å². The lowest BCUT2D eigenvalue weighted by atomic mass is 9.80. The maximum absolute atomic E-state index is 13.8. The van der Waals surface area contributed by atoms with Crippen LogP contribution in [0.5, 0.6) is 5.75 Å². The molecule has 16 heteroatoms. The lowest BCUT2D eigenvalue weighted by Gasteiger charge is -2.38. The topological polar surface area (TPSA) is 173 Å². The highest BCUT2D eigenvalue weighted by molar-refractivity contribution is 6.01. The Bertz CT molecular complexity index is 1470. The van der Waals surface area contributed by atoms with Gasteiger partial charge in [0, 0.05) is 19.3 Å². The number of alkyl halides is 3. The summed E-state index contributed by atoms with van der Waals surface area (Å²) in [5.41, 5.74) is -2.26. The van der Waals surface area contributed by atoms with Crippen molar-refractivity contribution in [2.75, 3.05) is 19.7 Å². The number of halogens is 3. The van der Waals surface area contributed by atoms with Crippen LogP contribution in [0.15, 0.2) is 36.5 Å². The molecule has 1 aromatic carbocycles. The lowest BCUT2D eigenvalue weighted by Crippen LogP contribution is -2.64. The molecule has 13 nitrogen and oxygen atoms in total. The lowest BCUT2D eigenvalue weighted by molar-refractivity contribution is -0.141. The van der Waals surface area contributed by atoms with Gasteiger partial charge < -0.3 is 31.3 Å². The number of para-hydroxylation sites is 1. The summed E-state index contributed by atoms with van der Waals surface area (Å²) in [5.74, 6) is -3.08. The predicted octanol–water partition coefficient (Wildman–Crippen LogP) is 2.07. The molecule has 4 rings (SSSR count). The van der Waals surface area contributed by atoms with Crippen molar-refractivity contribution in [1.82, 2.24) is 36.4 Å². The first kappa shape index (κ1) is 36.2. The third-order valence-electron chi connectivity index (χ3n) is 8.35. The number of nitrogens with zero attached hydrogens (tertiary/aromatic N) is 2. The monoisotopic (exact) mass is 677 g/mol. The zero-order valence-electron chi connectivity index (χ0n) is 27.0. The molecule has 262 valence electrons. The van der Waals surface area contributed by atoms with Gasteiger partial charge in [0.2, 0.25) is 23.6 Å². The highest BCUT2D eigenvalue weighted by Gasteiger charge is 2.43. The van der Waals surface area contributed by atoms with Crippen LogP contribution in [0.1, 0.15) is 74.8 Å². The number of aromatic nitrogens is 2. The van der Waals surface area contributed by atoms with Gasteiger partial charge in [0.25, 0.3) is 5.91 Å². The molecule has 2 atom stereocenters. The van der Waals surface area contributed by atoms with E-state index in [1.165, 1.54) is 12.3 Å². The molecule has 0 radical (unpaired) electrons. The molecule has 1 spiro atoms. The van der Waals surface area contributed by atoms with Gasteiger partial charge in [0.15, 0.2) is 5.69 Å². The molecule has 0 bridgehead atoms. The summed E-state index contributed by atoms with van der Waals surface area (Å²) in [6, 6.07) is 4.88. The normalized spacial score (nSPS) is 21.2. The van der Waals surface area contributed by atoms with E-state index in [4.69, 9.17) is 4.74 Å². The first-order valence-electron chi connectivity index (χ1n) is 16.1. The summed E-state index contributed by atoms with van der Waals surface area (Å²) in [7, 11) is 0. The molecule has 2 aliphatic rings. The fraction of sp³-hybridized carbons (Fsp3) is 0.562. The second-order valence-corrected chi connectivity index (χ2v) is 12.4. The van der Waals surface area contributed by atoms with Gasteiger partial charge in [-0.15, -0.1) is 0 Å². The van der Waals surface area contributed by atoms with Gasteiger partial charge in [0.05, 0.1) is 18.5 Å². The van der Waals surface area contributed by atoms with Gasteiger partial charge in [-0.2, -0.15) is 18.3 Å². The zero-order valence-corrected chi connectivity index (χ0v) is 27.0. The van der Waals surface area contributed by atoms with Crippen molar-refractivity contribution in [3.63, 3.8) is 0 Å². The summed E-state index contributed by atoms with van der Waals surface area (Å²) >= 11 is 0. The molecule has 5 N–H and O–H groups in total. The number of hydrogen-bond donors (Lipinski definition) is 5. The van der Waals surface area contributed by atoms with Crippen LogP contribution in [0.25, 0.3) is 0 Å². The van der Waals surface area contributed by atoms with E-state index < -0.39 is 65.4 Å². The Morgan fingerprint density at radius 2 is 1.81 bits per heavy atom. The number of nitrogens with one attached hydrogen (secondary N) is 5. The molecular formula is C32H42F3N7O6. The summed E-state index contributed by atoms with van der Waals surface area (Å²) in [6.45, 7) is 3.76. The van der Waals surface area contributed by atoms with Crippen LogP contribution < -0.4 is 31.3 Å². The molecule has 48 heavy (non-hydrogen) atoms. The van der Waals surface area contributed by atoms with Gasteiger partial charge in [-0.3, -0.25) is 28.7 Å². The largest absolute Gasteiger partial charge is 0.491 e. The summed E-state index contributed by atoms with van der Waals surface area (Å²) < 4.78 is 45.5. The number of aryl methyl sites for hydroxylation is 1. The van der Waals surface area contributed by atoms with E-state index in [9.17, 15) is 37.1 Å². The molecule has 1 saturated carbocycles. The summed E-state index contributed by atoms with van der Waals surface area (Å²) in [4.78, 5) is 67.3. The number of hydrogen-bond acceptors (Lipinski definition) is 7. The molecule has 2 heterocycles. The highest BCUT2D eigenvalue weighted by atomic mass is 19.4. The van der Waals surface area contributed by atoms with E-state index in [-0.39, 0.29) is 49.9 Å². The van der Waals surface area contributed by atoms with Crippen LogP contribution in [0.3, 0.4) is 0 Å². The van der Waals surface area contributed by atoms with Crippen molar-refractivity contribution in [3.8, 4) is 5.75 Å². The SMILES string of the molecule is CC(C)[C@H]1NC(=O)C2(CCCCC2)NC(=O)C[C@@H](C(=O)NCCCn2ccc(C(F)(F)F)n2)NC(=O)c2ccccc2OCCNC1=O. The quantitative estimate of drug-likeness (QED) is 0.291. The molecule has 0 saturated heterocycles. The maximum Gasteiger partial charge on any atom is 0.435 e. The molecular weight excluding hydrogens is 635 g/mol. The smallest absolute Gasteiger partial charge is 0.435 e. The third kappa shape index (κ3) is 9.47. The van der Waals surface area contributed by atoms with Gasteiger partial charge >= 0.3 is 6.18 Å². The number of carbonyl (C=O) groups excluding carboxylic acids is 5. The number of benzene rings is 1. The standard InChI is InChI=1S/C32H42F3N7O6/c1-20(2)26-29(46)37-15-18-48-23-10-5-4-9-21(23)27(44)38-22(19-25(43)40-31(30(47)39-26)12-6-3-7-13-31)28(45)36-14-8-16-42-17-11-24(41-42)32(33,34)35/h4-5,9-11,17,20,22,26H,3,6-8,12-16,18-19H2,1-2H3,(H,36,45)(H,37,46)(H,38,44)(H,39,47)(H,40,43)/t22-,26+/m0/s1. The summed E-state index contributed by atoms with van der Waals surface area (Å²) in [5, 5.41) is 17.1. The highest BCUT2D eigenvalue weighted by Crippen LogP contribution is 2.30. The molecule has 1 fully saturated rings. The Kier molecular flexibility index (Phi) is 12.1. The summed E-state index contributed by atoms with van der Waals surface area (Å²) in [6.07, 6.45) is -0.883. The fourth-order valence-corrected chi connectivity index (χ4v) is 5.77. The third-order valence-corrected chi connectivity index (χ3v) is 8.35. The predicted molar refractivity (Wildman–Crippen MR) is 166 cm³/mol. The van der Waals surface area contributed by atoms with Crippen molar-refractivity contribution in [2.45, 2.75) is 89.1 Å². The van der Waals surface area contributed by atoms with Crippen LogP contribution in [0, 0.1) is 5.92 Å². The average molecular weight is 678 g/mol. The van der Waals surface area contributed by atoms with Crippen LogP contribution in [-0.4, -0.2) is 76.6 Å². The Hall–Kier alpha value is -4.63. The van der Waals surface area contributed by atoms with Crippen LogP contribution >= 0.6 is 0 Å². The van der Waals surface area contributed by atoms with E-state index in [1.54, 1.807) is 32.0 Å². The number of fused-ring (bicyclic) bond motifs is 1. The molecule has 1 aromatic heterocycles. The Morgan fingerprint density at radius 3 is 2.50 bits per heavy atom. The van der Waals surface area contributed by atoms with Crippen molar-refractivity contribution >= 4 is 29.5 Å². The second kappa shape index (κ2) is 16.0. The van der Waals surface area contributed by atoms with Gasteiger partial charge in [-0.05, 0) is 43.4 Å². The van der Waals surface area contributed by atoms with E-state index in [0.29, 0.717) is 25.7 Å². The molecule has 1 aliphatic heterocycles. The molecule has 5 amide bonds. The van der Waals surface area contributed by atoms with Crippen molar-refractivity contribution in [2.24, 2.45) is 5.92 Å². The first-order valence-corrected chi connectivity index (χ1v) is 16.1. The number of rotatable bonds is 6. The number of ether oxygens (including phenoxy) is 1. The van der Waals surface area contributed by atoms with E-state index >= 15 is 0 Å². The van der Waals surface area contributed by atoms with E-state index in [0.717, 1.165) is 17.2 Å². The first-order chi connectivity index (χ1) is 22.8. The van der Waals surface area contributed by atoms with E-state index in [1.807, 2.05) is 0 Å². The maximum atomic E-state index is 13.8. The molecule has 1 aliphatic carbocycles. The van der Waals surface area contributed by atoms with Crippen LogP contribution in [0.2, 0.25) is 0 Å².